The summed E-state index contributed by atoms with van der Waals surface area (Å²) >= 11 is 0. The fourth-order valence-electron chi connectivity index (χ4n) is 6.85. The Balaban J connectivity index is 1.29. The second-order valence-corrected chi connectivity index (χ2v) is 12.6. The number of pyridine rings is 2. The molecule has 0 radical (unpaired) electrons. The van der Waals surface area contributed by atoms with Gasteiger partial charge in [0.1, 0.15) is 11.3 Å². The molecule has 0 atom stereocenters. The van der Waals surface area contributed by atoms with E-state index >= 15 is 0 Å². The van der Waals surface area contributed by atoms with Crippen LogP contribution in [0.2, 0.25) is 0 Å². The van der Waals surface area contributed by atoms with Gasteiger partial charge in [-0.3, -0.25) is 4.90 Å². The van der Waals surface area contributed by atoms with Crippen molar-refractivity contribution >= 4 is 45.2 Å². The summed E-state index contributed by atoms with van der Waals surface area (Å²) in [6, 6.07) is 47.6. The molecule has 5 heteroatoms. The van der Waals surface area contributed by atoms with Crippen LogP contribution in [0.25, 0.3) is 22.2 Å². The average molecular weight is 611 g/mol. The van der Waals surface area contributed by atoms with E-state index in [4.69, 9.17) is 9.97 Å². The summed E-state index contributed by atoms with van der Waals surface area (Å²) in [5, 5.41) is 12.7. The van der Waals surface area contributed by atoms with Crippen LogP contribution >= 0.6 is 0 Å². The van der Waals surface area contributed by atoms with Crippen LogP contribution in [0.4, 0.5) is 34.3 Å². The summed E-state index contributed by atoms with van der Waals surface area (Å²) in [7, 11) is 0. The Morgan fingerprint density at radius 2 is 1.32 bits per heavy atom. The lowest BCUT2D eigenvalue weighted by molar-refractivity contribution is 0.481. The smallest absolute Gasteiger partial charge is 0.166 e. The number of aromatic nitrogens is 2. The molecular formula is C42H34N4O. The molecule has 0 bridgehead atoms. The molecule has 3 heterocycles. The van der Waals surface area contributed by atoms with Crippen LogP contribution in [0.3, 0.4) is 0 Å². The zero-order chi connectivity index (χ0) is 32.1. The highest BCUT2D eigenvalue weighted by Gasteiger charge is 2.37. The topological polar surface area (TPSA) is 52.5 Å². The highest BCUT2D eigenvalue weighted by Crippen LogP contribution is 2.52. The van der Waals surface area contributed by atoms with Gasteiger partial charge in [-0.05, 0) is 84.3 Å². The molecule has 0 spiro atoms. The average Bonchev–Trinajstić information content (AvgIpc) is 3.10. The lowest BCUT2D eigenvalue weighted by Gasteiger charge is -2.41. The molecule has 0 saturated carbocycles. The number of phenols is 1. The highest BCUT2D eigenvalue weighted by molar-refractivity contribution is 5.95. The van der Waals surface area contributed by atoms with Crippen molar-refractivity contribution in [2.24, 2.45) is 0 Å². The molecule has 1 N–H and O–H groups in total. The predicted octanol–water partition coefficient (Wildman–Crippen LogP) is 10.9. The first-order valence-corrected chi connectivity index (χ1v) is 15.9. The van der Waals surface area contributed by atoms with Crippen LogP contribution in [0.1, 0.15) is 30.5 Å². The van der Waals surface area contributed by atoms with Crippen molar-refractivity contribution in [3.05, 3.63) is 162 Å². The van der Waals surface area contributed by atoms with E-state index in [0.717, 1.165) is 50.8 Å². The molecule has 5 nitrogen and oxygen atoms in total. The maximum absolute atomic E-state index is 11.9. The van der Waals surface area contributed by atoms with Gasteiger partial charge in [-0.15, -0.1) is 0 Å². The van der Waals surface area contributed by atoms with Gasteiger partial charge >= 0.3 is 0 Å². The summed E-state index contributed by atoms with van der Waals surface area (Å²) < 4.78 is 0. The summed E-state index contributed by atoms with van der Waals surface area (Å²) in [6.45, 7) is 6.66. The van der Waals surface area contributed by atoms with Crippen molar-refractivity contribution in [3.8, 4) is 17.0 Å². The van der Waals surface area contributed by atoms with Gasteiger partial charge in [-0.25, -0.2) is 9.97 Å². The van der Waals surface area contributed by atoms with Crippen molar-refractivity contribution < 1.29 is 5.11 Å². The van der Waals surface area contributed by atoms with E-state index in [-0.39, 0.29) is 11.2 Å². The fraction of sp³-hybridized carbons (Fsp3) is 0.0952. The van der Waals surface area contributed by atoms with E-state index in [0.29, 0.717) is 11.2 Å². The molecule has 0 aliphatic carbocycles. The van der Waals surface area contributed by atoms with Crippen LogP contribution in [0, 0.1) is 6.92 Å². The number of hydrogen-bond acceptors (Lipinski definition) is 5. The third-order valence-corrected chi connectivity index (χ3v) is 9.24. The van der Waals surface area contributed by atoms with Crippen molar-refractivity contribution in [3.63, 3.8) is 0 Å². The van der Waals surface area contributed by atoms with E-state index in [9.17, 15) is 5.11 Å². The minimum Gasteiger partial charge on any atom is -0.504 e. The molecule has 1 aliphatic heterocycles. The molecule has 0 fully saturated rings. The van der Waals surface area contributed by atoms with E-state index in [2.05, 4.69) is 79.1 Å². The maximum atomic E-state index is 11.9. The third kappa shape index (κ3) is 4.79. The lowest BCUT2D eigenvalue weighted by atomic mass is 9.73. The predicted molar refractivity (Wildman–Crippen MR) is 193 cm³/mol. The number of rotatable bonds is 5. The molecule has 8 rings (SSSR count). The molecule has 7 aromatic rings. The Bertz CT molecular complexity index is 2220. The Labute approximate surface area is 275 Å². The Hall–Kier alpha value is -5.94. The van der Waals surface area contributed by atoms with Crippen LogP contribution in [0.5, 0.6) is 5.75 Å². The second kappa shape index (κ2) is 11.1. The molecule has 1 aliphatic rings. The number of para-hydroxylation sites is 3. The molecular weight excluding hydrogens is 576 g/mol. The maximum Gasteiger partial charge on any atom is 0.166 e. The van der Waals surface area contributed by atoms with Crippen LogP contribution in [0.15, 0.2) is 146 Å². The van der Waals surface area contributed by atoms with Gasteiger partial charge in [-0.1, -0.05) is 92.7 Å². The fourth-order valence-corrected chi connectivity index (χ4v) is 6.85. The Morgan fingerprint density at radius 3 is 2.04 bits per heavy atom. The zero-order valence-corrected chi connectivity index (χ0v) is 26.6. The molecule has 228 valence electrons. The number of aromatic hydroxyl groups is 1. The third-order valence-electron chi connectivity index (χ3n) is 9.24. The molecule has 0 unspecified atom stereocenters. The molecule has 0 saturated heterocycles. The number of nitrogens with zero attached hydrogens (tertiary/aromatic N) is 4. The number of fused-ring (bicyclic) bond motifs is 3. The molecule has 5 aromatic carbocycles. The van der Waals surface area contributed by atoms with Gasteiger partial charge < -0.3 is 10.0 Å². The van der Waals surface area contributed by atoms with E-state index in [1.807, 2.05) is 97.2 Å². The van der Waals surface area contributed by atoms with Gasteiger partial charge in [0.15, 0.2) is 5.75 Å². The number of phenolic OH excluding ortho intramolecular Hbond substituents is 1. The number of aryl methyl sites for hydroxylation is 1. The van der Waals surface area contributed by atoms with E-state index < -0.39 is 0 Å². The molecule has 47 heavy (non-hydrogen) atoms. The van der Waals surface area contributed by atoms with Crippen molar-refractivity contribution in [2.75, 3.05) is 9.80 Å². The second-order valence-electron chi connectivity index (χ2n) is 12.6. The zero-order valence-electron chi connectivity index (χ0n) is 26.6. The molecule has 0 amide bonds. The van der Waals surface area contributed by atoms with Crippen molar-refractivity contribution in [1.82, 2.24) is 9.97 Å². The largest absolute Gasteiger partial charge is 0.504 e. The van der Waals surface area contributed by atoms with E-state index in [1.165, 1.54) is 11.1 Å². The van der Waals surface area contributed by atoms with Gasteiger partial charge in [-0.2, -0.15) is 0 Å². The number of hydrogen-bond donors (Lipinski definition) is 1. The quantitative estimate of drug-likeness (QED) is 0.210. The van der Waals surface area contributed by atoms with Crippen molar-refractivity contribution in [1.29, 1.82) is 0 Å². The first-order chi connectivity index (χ1) is 22.9. The van der Waals surface area contributed by atoms with Crippen LogP contribution < -0.4 is 9.80 Å². The summed E-state index contributed by atoms with van der Waals surface area (Å²) in [5.74, 6) is 1.01. The first-order valence-electron chi connectivity index (χ1n) is 15.9. The van der Waals surface area contributed by atoms with Gasteiger partial charge in [0.25, 0.3) is 0 Å². The van der Waals surface area contributed by atoms with Crippen molar-refractivity contribution in [2.45, 2.75) is 26.2 Å². The summed E-state index contributed by atoms with van der Waals surface area (Å²) in [4.78, 5) is 14.2. The minimum atomic E-state index is -0.215. The normalized spacial score (nSPS) is 13.2. The lowest BCUT2D eigenvalue weighted by Crippen LogP contribution is -2.31. The van der Waals surface area contributed by atoms with E-state index in [1.54, 1.807) is 0 Å². The number of benzene rings is 5. The van der Waals surface area contributed by atoms with Crippen LogP contribution in [-0.2, 0) is 5.41 Å². The summed E-state index contributed by atoms with van der Waals surface area (Å²) in [5.41, 5.74) is 10.5. The van der Waals surface area contributed by atoms with Gasteiger partial charge in [0.2, 0.25) is 0 Å². The first kappa shape index (κ1) is 28.5. The SMILES string of the molecule is Cc1ccnc(N2c3ccccc3C(C)(C)c3ccc(-c4ccc5ccc(N(c6ccccc6)c6ccccc6)c(O)c5n4)cc32)c1. The van der Waals surface area contributed by atoms with Gasteiger partial charge in [0, 0.05) is 33.9 Å². The summed E-state index contributed by atoms with van der Waals surface area (Å²) in [6.07, 6.45) is 1.87. The Morgan fingerprint density at radius 1 is 0.660 bits per heavy atom. The number of anilines is 6. The van der Waals surface area contributed by atoms with Gasteiger partial charge in [0.05, 0.1) is 22.8 Å². The standard InChI is InChI=1S/C42H34N4O/c1-28-24-25-43-39(26-28)46-36-17-11-10-16-33(36)42(2,3)34-21-18-30(27-38(34)46)35-22-19-29-20-23-37(41(47)40(29)44-35)45(31-12-6-4-7-13-31)32-14-8-5-9-15-32/h4-27,47H,1-3H3. The minimum absolute atomic E-state index is 0.135. The van der Waals surface area contributed by atoms with Crippen LogP contribution in [-0.4, -0.2) is 15.1 Å². The Kier molecular flexibility index (Phi) is 6.76. The highest BCUT2D eigenvalue weighted by atomic mass is 16.3. The monoisotopic (exact) mass is 610 g/mol. The molecule has 2 aromatic heterocycles.